The standard InChI is InChI=1S/C22H24O4/c1-4-25-22(24)21-18(16-9-7-15(8-10-16)14(2)3)12-17(13-19(21)23)20-6-5-11-26-20/h5-11,13-14,18,21H,4,12H2,1-3H3/t18-,21+/m1/s1. The van der Waals surface area contributed by atoms with E-state index in [4.69, 9.17) is 9.15 Å². The molecule has 26 heavy (non-hydrogen) atoms. The number of rotatable bonds is 5. The third-order valence-electron chi connectivity index (χ3n) is 4.87. The van der Waals surface area contributed by atoms with Crippen LogP contribution in [-0.4, -0.2) is 18.4 Å². The van der Waals surface area contributed by atoms with Crippen molar-refractivity contribution in [1.29, 1.82) is 0 Å². The van der Waals surface area contributed by atoms with Gasteiger partial charge < -0.3 is 9.15 Å². The highest BCUT2D eigenvalue weighted by molar-refractivity contribution is 6.10. The predicted octanol–water partition coefficient (Wildman–Crippen LogP) is 4.72. The highest BCUT2D eigenvalue weighted by Crippen LogP contribution is 2.40. The summed E-state index contributed by atoms with van der Waals surface area (Å²) < 4.78 is 10.6. The monoisotopic (exact) mass is 352 g/mol. The van der Waals surface area contributed by atoms with Gasteiger partial charge in [0.1, 0.15) is 11.7 Å². The van der Waals surface area contributed by atoms with E-state index in [0.29, 0.717) is 18.1 Å². The van der Waals surface area contributed by atoms with Crippen LogP contribution < -0.4 is 0 Å². The summed E-state index contributed by atoms with van der Waals surface area (Å²) in [5.41, 5.74) is 3.02. The van der Waals surface area contributed by atoms with Gasteiger partial charge in [0, 0.05) is 5.92 Å². The summed E-state index contributed by atoms with van der Waals surface area (Å²) in [6.45, 7) is 6.29. The lowest BCUT2D eigenvalue weighted by Gasteiger charge is -2.29. The van der Waals surface area contributed by atoms with Gasteiger partial charge in [0.05, 0.1) is 12.9 Å². The molecule has 2 atom stereocenters. The minimum atomic E-state index is -0.807. The van der Waals surface area contributed by atoms with Gasteiger partial charge in [-0.3, -0.25) is 9.59 Å². The van der Waals surface area contributed by atoms with Crippen molar-refractivity contribution >= 4 is 17.3 Å². The lowest BCUT2D eigenvalue weighted by molar-refractivity contribution is -0.151. The van der Waals surface area contributed by atoms with Crippen LogP contribution in [0.4, 0.5) is 0 Å². The molecule has 0 radical (unpaired) electrons. The van der Waals surface area contributed by atoms with E-state index < -0.39 is 11.9 Å². The first kappa shape index (κ1) is 18.2. The molecule has 0 saturated carbocycles. The second kappa shape index (κ2) is 7.73. The Kier molecular flexibility index (Phi) is 5.40. The van der Waals surface area contributed by atoms with Crippen LogP contribution in [-0.2, 0) is 14.3 Å². The Balaban J connectivity index is 1.98. The number of benzene rings is 1. The quantitative estimate of drug-likeness (QED) is 0.577. The first-order chi connectivity index (χ1) is 12.5. The van der Waals surface area contributed by atoms with Crippen molar-refractivity contribution < 1.29 is 18.7 Å². The summed E-state index contributed by atoms with van der Waals surface area (Å²) in [5, 5.41) is 0. The van der Waals surface area contributed by atoms with E-state index >= 15 is 0 Å². The molecular formula is C22H24O4. The molecule has 4 nitrogen and oxygen atoms in total. The van der Waals surface area contributed by atoms with Gasteiger partial charge in [-0.2, -0.15) is 0 Å². The maximum Gasteiger partial charge on any atom is 0.317 e. The molecule has 3 rings (SSSR count). The number of carbonyl (C=O) groups excluding carboxylic acids is 2. The van der Waals surface area contributed by atoms with E-state index in [2.05, 4.69) is 26.0 Å². The minimum absolute atomic E-state index is 0.223. The van der Waals surface area contributed by atoms with Crippen LogP contribution in [0.1, 0.15) is 55.9 Å². The van der Waals surface area contributed by atoms with Crippen LogP contribution in [0.2, 0.25) is 0 Å². The topological polar surface area (TPSA) is 56.5 Å². The predicted molar refractivity (Wildman–Crippen MR) is 99.7 cm³/mol. The van der Waals surface area contributed by atoms with Crippen molar-refractivity contribution in [3.63, 3.8) is 0 Å². The lowest BCUT2D eigenvalue weighted by Crippen LogP contribution is -2.34. The van der Waals surface area contributed by atoms with E-state index in [1.807, 2.05) is 18.2 Å². The number of esters is 1. The number of ketones is 1. The van der Waals surface area contributed by atoms with Gasteiger partial charge in [0.2, 0.25) is 0 Å². The van der Waals surface area contributed by atoms with Crippen LogP contribution in [0.25, 0.3) is 5.57 Å². The van der Waals surface area contributed by atoms with Crippen molar-refractivity contribution in [1.82, 2.24) is 0 Å². The molecule has 1 aromatic heterocycles. The molecule has 136 valence electrons. The molecule has 2 aromatic rings. The highest BCUT2D eigenvalue weighted by atomic mass is 16.5. The molecule has 0 bridgehead atoms. The van der Waals surface area contributed by atoms with E-state index in [-0.39, 0.29) is 18.3 Å². The van der Waals surface area contributed by atoms with Crippen LogP contribution in [0, 0.1) is 5.92 Å². The molecule has 0 spiro atoms. The molecule has 1 aliphatic carbocycles. The zero-order chi connectivity index (χ0) is 18.7. The van der Waals surface area contributed by atoms with Crippen molar-refractivity contribution in [2.24, 2.45) is 5.92 Å². The summed E-state index contributed by atoms with van der Waals surface area (Å²) in [7, 11) is 0. The molecule has 0 unspecified atom stereocenters. The first-order valence-electron chi connectivity index (χ1n) is 9.06. The molecule has 1 aliphatic rings. The average Bonchev–Trinajstić information content (AvgIpc) is 3.16. The van der Waals surface area contributed by atoms with Crippen LogP contribution in [0.3, 0.4) is 0 Å². The zero-order valence-electron chi connectivity index (χ0n) is 15.4. The van der Waals surface area contributed by atoms with Gasteiger partial charge in [-0.25, -0.2) is 0 Å². The van der Waals surface area contributed by atoms with Gasteiger partial charge >= 0.3 is 5.97 Å². The Hall–Kier alpha value is -2.62. The number of allylic oxidation sites excluding steroid dienone is 2. The summed E-state index contributed by atoms with van der Waals surface area (Å²) >= 11 is 0. The Morgan fingerprint density at radius 3 is 2.54 bits per heavy atom. The van der Waals surface area contributed by atoms with Crippen LogP contribution >= 0.6 is 0 Å². The van der Waals surface area contributed by atoms with Gasteiger partial charge in [0.15, 0.2) is 5.78 Å². The molecule has 0 fully saturated rings. The number of hydrogen-bond donors (Lipinski definition) is 0. The van der Waals surface area contributed by atoms with Crippen molar-refractivity contribution in [2.45, 2.75) is 39.0 Å². The fourth-order valence-electron chi connectivity index (χ4n) is 3.46. The number of ether oxygens (including phenoxy) is 1. The van der Waals surface area contributed by atoms with Gasteiger partial charge in [-0.05, 0) is 54.2 Å². The fraction of sp³-hybridized carbons (Fsp3) is 0.364. The van der Waals surface area contributed by atoms with Crippen LogP contribution in [0.5, 0.6) is 0 Å². The average molecular weight is 352 g/mol. The fourth-order valence-corrected chi connectivity index (χ4v) is 3.46. The Morgan fingerprint density at radius 1 is 1.23 bits per heavy atom. The van der Waals surface area contributed by atoms with Gasteiger partial charge in [-0.15, -0.1) is 0 Å². The molecule has 0 saturated heterocycles. The SMILES string of the molecule is CCOC(=O)[C@@H]1C(=O)C=C(c2ccco2)C[C@@H]1c1ccc(C(C)C)cc1. The van der Waals surface area contributed by atoms with Gasteiger partial charge in [0.25, 0.3) is 0 Å². The van der Waals surface area contributed by atoms with E-state index in [1.54, 1.807) is 19.3 Å². The molecule has 0 amide bonds. The number of furan rings is 1. The summed E-state index contributed by atoms with van der Waals surface area (Å²) in [6.07, 6.45) is 3.67. The maximum atomic E-state index is 12.8. The molecule has 4 heteroatoms. The second-order valence-corrected chi connectivity index (χ2v) is 6.91. The smallest absolute Gasteiger partial charge is 0.317 e. The summed E-state index contributed by atoms with van der Waals surface area (Å²) in [5.74, 6) is -0.642. The molecule has 0 aliphatic heterocycles. The minimum Gasteiger partial charge on any atom is -0.465 e. The number of hydrogen-bond acceptors (Lipinski definition) is 4. The molecule has 1 heterocycles. The Bertz CT molecular complexity index is 797. The van der Waals surface area contributed by atoms with Gasteiger partial charge in [-0.1, -0.05) is 38.1 Å². The third-order valence-corrected chi connectivity index (χ3v) is 4.87. The normalized spacial score (nSPS) is 20.2. The summed E-state index contributed by atoms with van der Waals surface area (Å²) in [4.78, 5) is 25.2. The highest BCUT2D eigenvalue weighted by Gasteiger charge is 2.40. The first-order valence-corrected chi connectivity index (χ1v) is 9.06. The third kappa shape index (κ3) is 3.64. The number of carbonyl (C=O) groups is 2. The van der Waals surface area contributed by atoms with Crippen LogP contribution in [0.15, 0.2) is 53.2 Å². The Labute approximate surface area is 153 Å². The molecule has 0 N–H and O–H groups in total. The Morgan fingerprint density at radius 2 is 1.96 bits per heavy atom. The lowest BCUT2D eigenvalue weighted by atomic mass is 9.74. The van der Waals surface area contributed by atoms with Crippen molar-refractivity contribution in [3.05, 3.63) is 65.6 Å². The van der Waals surface area contributed by atoms with E-state index in [1.165, 1.54) is 11.6 Å². The molecule has 1 aromatic carbocycles. The van der Waals surface area contributed by atoms with E-state index in [0.717, 1.165) is 11.1 Å². The maximum absolute atomic E-state index is 12.8. The second-order valence-electron chi connectivity index (χ2n) is 6.91. The zero-order valence-corrected chi connectivity index (χ0v) is 15.4. The summed E-state index contributed by atoms with van der Waals surface area (Å²) in [6, 6.07) is 11.8. The van der Waals surface area contributed by atoms with Crippen molar-refractivity contribution in [2.75, 3.05) is 6.61 Å². The molecular weight excluding hydrogens is 328 g/mol. The largest absolute Gasteiger partial charge is 0.465 e. The van der Waals surface area contributed by atoms with Crippen molar-refractivity contribution in [3.8, 4) is 0 Å². The van der Waals surface area contributed by atoms with E-state index in [9.17, 15) is 9.59 Å².